The quantitative estimate of drug-likeness (QED) is 0.293. The minimum absolute atomic E-state index is 0. The second-order valence-electron chi connectivity index (χ2n) is 3.99. The zero-order chi connectivity index (χ0) is 17.0. The van der Waals surface area contributed by atoms with Gasteiger partial charge >= 0.3 is 23.1 Å². The molecule has 0 aliphatic heterocycles. The Morgan fingerprint density at radius 1 is 1.00 bits per heavy atom. The van der Waals surface area contributed by atoms with Crippen LogP contribution in [0.1, 0.15) is 22.0 Å². The average Bonchev–Trinajstić information content (AvgIpc) is 2.56. The molecule has 2 rings (SSSR count). The Hall–Kier alpha value is -1.60. The van der Waals surface area contributed by atoms with E-state index in [0.717, 1.165) is 0 Å². The van der Waals surface area contributed by atoms with Crippen molar-refractivity contribution >= 4 is 29.3 Å². The van der Waals surface area contributed by atoms with Gasteiger partial charge in [-0.2, -0.15) is 0 Å². The topological polar surface area (TPSA) is 77.8 Å². The summed E-state index contributed by atoms with van der Waals surface area (Å²) in [4.78, 5) is 10.0. The predicted octanol–water partition coefficient (Wildman–Crippen LogP) is 0.0449. The van der Waals surface area contributed by atoms with Gasteiger partial charge in [0.05, 0.1) is 6.10 Å². The third kappa shape index (κ3) is 11.0. The maximum Gasteiger partial charge on any atom is 2.00 e. The van der Waals surface area contributed by atoms with Gasteiger partial charge in [-0.25, -0.2) is 0 Å². The van der Waals surface area contributed by atoms with Gasteiger partial charge in [0.15, 0.2) is 0 Å². The second kappa shape index (κ2) is 16.3. The summed E-state index contributed by atoms with van der Waals surface area (Å²) in [7, 11) is 0. The first-order valence-corrected chi connectivity index (χ1v) is 6.31. The maximum absolute atomic E-state index is 10.0. The van der Waals surface area contributed by atoms with E-state index in [-0.39, 0.29) is 51.5 Å². The Morgan fingerprint density at radius 3 is 1.88 bits per heavy atom. The monoisotopic (exact) mass is 402 g/mol. The number of phenols is 2. The standard InChI is InChI=1S/C9H10O2.C7H6O2.C2H3.BrH.Mg/c1-2-9(11)7-4-3-5-8(10)6-7;8-5-6-2-1-3-7(9)4-6;1-2;;/h2-6,9-11H,1H2;1-5,9H;1H,2H2;1H;/q;;-1;;+2/p-1. The van der Waals surface area contributed by atoms with Crippen molar-refractivity contribution in [1.29, 1.82) is 0 Å². The molecular formula is C18H19BrMgO4. The van der Waals surface area contributed by atoms with Gasteiger partial charge in [-0.1, -0.05) is 30.3 Å². The summed E-state index contributed by atoms with van der Waals surface area (Å²) < 4.78 is 0. The van der Waals surface area contributed by atoms with Crippen molar-refractivity contribution in [3.8, 4) is 11.5 Å². The van der Waals surface area contributed by atoms with Gasteiger partial charge in [0.1, 0.15) is 17.8 Å². The average molecular weight is 404 g/mol. The molecule has 0 heterocycles. The molecule has 1 atom stereocenters. The van der Waals surface area contributed by atoms with Crippen LogP contribution in [-0.4, -0.2) is 44.7 Å². The normalized spacial score (nSPS) is 9.21. The Morgan fingerprint density at radius 2 is 1.50 bits per heavy atom. The summed E-state index contributed by atoms with van der Waals surface area (Å²) in [6.07, 6.45) is 1.41. The largest absolute Gasteiger partial charge is 2.00 e. The van der Waals surface area contributed by atoms with Crippen LogP contribution in [0.25, 0.3) is 0 Å². The summed E-state index contributed by atoms with van der Waals surface area (Å²) >= 11 is 0. The van der Waals surface area contributed by atoms with Crippen molar-refractivity contribution in [1.82, 2.24) is 0 Å². The van der Waals surface area contributed by atoms with Gasteiger partial charge in [0, 0.05) is 5.56 Å². The van der Waals surface area contributed by atoms with E-state index in [4.69, 9.17) is 10.2 Å². The van der Waals surface area contributed by atoms with Crippen LogP contribution in [-0.2, 0) is 0 Å². The summed E-state index contributed by atoms with van der Waals surface area (Å²) in [6, 6.07) is 12.7. The molecule has 4 nitrogen and oxygen atoms in total. The molecule has 0 radical (unpaired) electrons. The number of aliphatic hydroxyl groups excluding tert-OH is 1. The van der Waals surface area contributed by atoms with E-state index in [9.17, 15) is 9.90 Å². The molecule has 0 saturated heterocycles. The van der Waals surface area contributed by atoms with Crippen LogP contribution < -0.4 is 17.0 Å². The van der Waals surface area contributed by atoms with Gasteiger partial charge in [0.2, 0.25) is 0 Å². The number of rotatable bonds is 3. The van der Waals surface area contributed by atoms with Gasteiger partial charge in [0.25, 0.3) is 0 Å². The van der Waals surface area contributed by atoms with Gasteiger partial charge < -0.3 is 38.9 Å². The van der Waals surface area contributed by atoms with E-state index >= 15 is 0 Å². The van der Waals surface area contributed by atoms with E-state index in [1.165, 1.54) is 24.3 Å². The first-order chi connectivity index (χ1) is 10.6. The molecule has 0 saturated carbocycles. The maximum atomic E-state index is 10.0. The van der Waals surface area contributed by atoms with Crippen LogP contribution in [0.4, 0.5) is 0 Å². The van der Waals surface area contributed by atoms with Gasteiger partial charge in [-0.15, -0.1) is 6.58 Å². The van der Waals surface area contributed by atoms with E-state index in [1.54, 1.807) is 30.3 Å². The minimum Gasteiger partial charge on any atom is -1.00 e. The molecule has 0 bridgehead atoms. The number of halogens is 1. The van der Waals surface area contributed by atoms with Crippen LogP contribution in [0.5, 0.6) is 11.5 Å². The molecule has 1 unspecified atom stereocenters. The fourth-order valence-corrected chi connectivity index (χ4v) is 1.44. The van der Waals surface area contributed by atoms with E-state index in [2.05, 4.69) is 19.7 Å². The molecule has 0 aliphatic carbocycles. The van der Waals surface area contributed by atoms with Crippen LogP contribution >= 0.6 is 0 Å². The van der Waals surface area contributed by atoms with Crippen LogP contribution in [0.15, 0.2) is 67.8 Å². The summed E-state index contributed by atoms with van der Waals surface area (Å²) in [5.41, 5.74) is 1.15. The number of hydrogen-bond donors (Lipinski definition) is 3. The number of carbonyl (C=O) groups is 1. The fraction of sp³-hybridized carbons (Fsp3) is 0.0556. The molecule has 24 heavy (non-hydrogen) atoms. The van der Waals surface area contributed by atoms with Crippen molar-refractivity contribution in [2.75, 3.05) is 0 Å². The van der Waals surface area contributed by atoms with Crippen molar-refractivity contribution in [2.45, 2.75) is 6.10 Å². The molecule has 0 fully saturated rings. The summed E-state index contributed by atoms with van der Waals surface area (Å²) in [5, 5.41) is 27.0. The molecule has 0 aromatic heterocycles. The molecule has 124 valence electrons. The van der Waals surface area contributed by atoms with Crippen LogP contribution in [0.3, 0.4) is 0 Å². The second-order valence-corrected chi connectivity index (χ2v) is 3.99. The Bertz CT molecular complexity index is 605. The fourth-order valence-electron chi connectivity index (χ4n) is 1.44. The number of aromatic hydroxyl groups is 2. The summed E-state index contributed by atoms with van der Waals surface area (Å²) in [6.45, 7) is 10.4. The van der Waals surface area contributed by atoms with Crippen molar-refractivity contribution in [3.63, 3.8) is 0 Å². The van der Waals surface area contributed by atoms with Crippen molar-refractivity contribution in [3.05, 3.63) is 85.5 Å². The number of carbonyl (C=O) groups excluding carboxylic acids is 1. The zero-order valence-electron chi connectivity index (χ0n) is 13.2. The first-order valence-electron chi connectivity index (χ1n) is 6.31. The van der Waals surface area contributed by atoms with Gasteiger partial charge in [-0.05, 0) is 29.8 Å². The number of phenolic OH excluding ortho intramolecular Hbond substituents is 2. The summed E-state index contributed by atoms with van der Waals surface area (Å²) in [5.74, 6) is 0.281. The van der Waals surface area contributed by atoms with Gasteiger partial charge in [-0.3, -0.25) is 11.4 Å². The van der Waals surface area contributed by atoms with Crippen LogP contribution in [0, 0.1) is 6.58 Å². The van der Waals surface area contributed by atoms with E-state index in [1.807, 2.05) is 0 Å². The van der Waals surface area contributed by atoms with E-state index in [0.29, 0.717) is 17.4 Å². The minimum atomic E-state index is -0.693. The molecule has 3 N–H and O–H groups in total. The molecule has 0 amide bonds. The Balaban J connectivity index is -0.000000313. The number of aliphatic hydroxyl groups is 1. The third-order valence-electron chi connectivity index (χ3n) is 2.44. The molecule has 2 aromatic carbocycles. The number of benzene rings is 2. The Labute approximate surface area is 169 Å². The number of aldehydes is 1. The molecule has 0 spiro atoms. The van der Waals surface area contributed by atoms with Crippen LogP contribution in [0.2, 0.25) is 0 Å². The zero-order valence-corrected chi connectivity index (χ0v) is 16.2. The van der Waals surface area contributed by atoms with E-state index < -0.39 is 6.10 Å². The molecule has 6 heteroatoms. The number of hydrogen-bond acceptors (Lipinski definition) is 4. The molecule has 2 aromatic rings. The first kappa shape index (κ1) is 27.3. The molecular weight excluding hydrogens is 384 g/mol. The predicted molar refractivity (Wildman–Crippen MR) is 92.4 cm³/mol. The van der Waals surface area contributed by atoms with Crippen molar-refractivity contribution < 1.29 is 37.1 Å². The van der Waals surface area contributed by atoms with Crippen molar-refractivity contribution in [2.24, 2.45) is 0 Å². The third-order valence-corrected chi connectivity index (χ3v) is 2.44. The smallest absolute Gasteiger partial charge is 1.00 e. The Kier molecular flexibility index (Phi) is 18.5. The SMILES string of the molecule is C=CC(O)c1cccc(O)c1.O=Cc1cccc(O)c1.[Br-].[CH-]=C.[Mg+2]. The molecule has 0 aliphatic rings.